The van der Waals surface area contributed by atoms with Crippen molar-refractivity contribution in [3.8, 4) is 11.5 Å². The summed E-state index contributed by atoms with van der Waals surface area (Å²) in [6.07, 6.45) is 1.88. The number of methoxy groups -OCH3 is 2. The predicted molar refractivity (Wildman–Crippen MR) is 128 cm³/mol. The molecule has 0 aliphatic heterocycles. The molecule has 0 saturated heterocycles. The van der Waals surface area contributed by atoms with Crippen molar-refractivity contribution in [1.82, 2.24) is 15.6 Å². The summed E-state index contributed by atoms with van der Waals surface area (Å²) in [5, 5.41) is 7.84. The van der Waals surface area contributed by atoms with E-state index < -0.39 is 0 Å². The molecular formula is C20H31IN4O2S. The van der Waals surface area contributed by atoms with Crippen LogP contribution >= 0.6 is 35.3 Å². The van der Waals surface area contributed by atoms with E-state index in [-0.39, 0.29) is 24.0 Å². The zero-order valence-corrected chi connectivity index (χ0v) is 20.4. The molecule has 0 amide bonds. The average Bonchev–Trinajstić information content (AvgIpc) is 3.05. The molecule has 2 aromatic rings. The van der Waals surface area contributed by atoms with Gasteiger partial charge in [-0.2, -0.15) is 0 Å². The molecule has 0 unspecified atom stereocenters. The summed E-state index contributed by atoms with van der Waals surface area (Å²) in [5.74, 6) is 2.34. The Kier molecular flexibility index (Phi) is 11.2. The number of nitrogens with zero attached hydrogens (tertiary/aromatic N) is 2. The van der Waals surface area contributed by atoms with Crippen LogP contribution in [0.4, 0.5) is 0 Å². The zero-order valence-electron chi connectivity index (χ0n) is 17.3. The molecule has 6 nitrogen and oxygen atoms in total. The number of hydrogen-bond acceptors (Lipinski definition) is 5. The van der Waals surface area contributed by atoms with Gasteiger partial charge in [0.1, 0.15) is 11.5 Å². The van der Waals surface area contributed by atoms with E-state index in [0.717, 1.165) is 49.0 Å². The Balaban J connectivity index is 0.00000392. The molecule has 8 heteroatoms. The SMILES string of the molecule is CCNC(=NCc1ccc(OC)cc1OC)NCCc1nc(CC)c(C)s1.I. The molecule has 28 heavy (non-hydrogen) atoms. The van der Waals surface area contributed by atoms with Gasteiger partial charge in [0.15, 0.2) is 5.96 Å². The minimum atomic E-state index is 0. The number of thiazole rings is 1. The number of benzene rings is 1. The van der Waals surface area contributed by atoms with Crippen LogP contribution in [0, 0.1) is 6.92 Å². The predicted octanol–water partition coefficient (Wildman–Crippen LogP) is 3.95. The highest BCUT2D eigenvalue weighted by Crippen LogP contribution is 2.25. The Bertz CT molecular complexity index is 765. The van der Waals surface area contributed by atoms with Crippen LogP contribution in [0.2, 0.25) is 0 Å². The molecular weight excluding hydrogens is 487 g/mol. The van der Waals surface area contributed by atoms with E-state index in [4.69, 9.17) is 14.5 Å². The van der Waals surface area contributed by atoms with Crippen molar-refractivity contribution >= 4 is 41.3 Å². The van der Waals surface area contributed by atoms with Crippen molar-refractivity contribution in [3.63, 3.8) is 0 Å². The molecule has 0 fully saturated rings. The lowest BCUT2D eigenvalue weighted by atomic mass is 10.2. The van der Waals surface area contributed by atoms with Crippen LogP contribution < -0.4 is 20.1 Å². The first-order valence-electron chi connectivity index (χ1n) is 9.29. The van der Waals surface area contributed by atoms with Crippen LogP contribution in [0.5, 0.6) is 11.5 Å². The van der Waals surface area contributed by atoms with Gasteiger partial charge in [0.25, 0.3) is 0 Å². The number of ether oxygens (including phenoxy) is 2. The first-order valence-corrected chi connectivity index (χ1v) is 10.1. The van der Waals surface area contributed by atoms with Gasteiger partial charge in [0, 0.05) is 36.0 Å². The van der Waals surface area contributed by atoms with Gasteiger partial charge in [0.2, 0.25) is 0 Å². The maximum absolute atomic E-state index is 5.45. The van der Waals surface area contributed by atoms with Crippen LogP contribution in [0.15, 0.2) is 23.2 Å². The number of aromatic nitrogens is 1. The summed E-state index contributed by atoms with van der Waals surface area (Å²) in [6.45, 7) is 8.47. The summed E-state index contributed by atoms with van der Waals surface area (Å²) in [7, 11) is 3.30. The van der Waals surface area contributed by atoms with Gasteiger partial charge >= 0.3 is 0 Å². The second-order valence-electron chi connectivity index (χ2n) is 6.01. The minimum absolute atomic E-state index is 0. The molecule has 1 heterocycles. The molecule has 0 aliphatic carbocycles. The van der Waals surface area contributed by atoms with Crippen molar-refractivity contribution in [1.29, 1.82) is 0 Å². The number of guanidine groups is 1. The fourth-order valence-corrected chi connectivity index (χ4v) is 3.72. The van der Waals surface area contributed by atoms with Gasteiger partial charge in [-0.25, -0.2) is 9.98 Å². The van der Waals surface area contributed by atoms with Gasteiger partial charge in [0.05, 0.1) is 31.5 Å². The zero-order chi connectivity index (χ0) is 19.6. The van der Waals surface area contributed by atoms with E-state index in [0.29, 0.717) is 6.54 Å². The highest BCUT2D eigenvalue weighted by atomic mass is 127. The fraction of sp³-hybridized carbons (Fsp3) is 0.500. The normalized spacial score (nSPS) is 11.0. The number of hydrogen-bond donors (Lipinski definition) is 2. The van der Waals surface area contributed by atoms with E-state index in [2.05, 4.69) is 36.4 Å². The Labute approximate surface area is 189 Å². The van der Waals surface area contributed by atoms with E-state index >= 15 is 0 Å². The standard InChI is InChI=1S/C20H30N4O2S.HI/c1-6-17-14(3)27-19(24-17)10-11-22-20(21-7-2)23-13-15-8-9-16(25-4)12-18(15)26-5;/h8-9,12H,6-7,10-11,13H2,1-5H3,(H2,21,22,23);1H. The molecule has 0 spiro atoms. The molecule has 0 bridgehead atoms. The van der Waals surface area contributed by atoms with Crippen LogP contribution in [-0.4, -0.2) is 38.3 Å². The maximum Gasteiger partial charge on any atom is 0.191 e. The largest absolute Gasteiger partial charge is 0.497 e. The number of aliphatic imine (C=N–C) groups is 1. The van der Waals surface area contributed by atoms with Crippen LogP contribution in [0.3, 0.4) is 0 Å². The summed E-state index contributed by atoms with van der Waals surface area (Å²) >= 11 is 1.78. The maximum atomic E-state index is 5.45. The van der Waals surface area contributed by atoms with Crippen LogP contribution in [0.1, 0.15) is 35.0 Å². The molecule has 0 radical (unpaired) electrons. The second kappa shape index (κ2) is 12.8. The first-order chi connectivity index (χ1) is 13.1. The number of nitrogens with one attached hydrogen (secondary N) is 2. The molecule has 0 saturated carbocycles. The Morgan fingerprint density at radius 1 is 1.18 bits per heavy atom. The number of rotatable bonds is 9. The van der Waals surface area contributed by atoms with Crippen LogP contribution in [-0.2, 0) is 19.4 Å². The third-order valence-electron chi connectivity index (χ3n) is 4.15. The molecule has 2 N–H and O–H groups in total. The lowest BCUT2D eigenvalue weighted by Crippen LogP contribution is -2.38. The lowest BCUT2D eigenvalue weighted by molar-refractivity contribution is 0.391. The topological polar surface area (TPSA) is 67.8 Å². The van der Waals surface area contributed by atoms with Crippen molar-refractivity contribution in [2.75, 3.05) is 27.3 Å². The van der Waals surface area contributed by atoms with Crippen molar-refractivity contribution in [2.45, 2.75) is 40.2 Å². The van der Waals surface area contributed by atoms with Gasteiger partial charge in [-0.05, 0) is 32.4 Å². The van der Waals surface area contributed by atoms with E-state index in [1.807, 2.05) is 18.2 Å². The highest BCUT2D eigenvalue weighted by molar-refractivity contribution is 14.0. The monoisotopic (exact) mass is 518 g/mol. The van der Waals surface area contributed by atoms with Crippen molar-refractivity contribution in [2.24, 2.45) is 4.99 Å². The Hall–Kier alpha value is -1.55. The van der Waals surface area contributed by atoms with Crippen molar-refractivity contribution < 1.29 is 9.47 Å². The smallest absolute Gasteiger partial charge is 0.191 e. The minimum Gasteiger partial charge on any atom is -0.497 e. The average molecular weight is 518 g/mol. The number of aryl methyl sites for hydroxylation is 2. The van der Waals surface area contributed by atoms with Gasteiger partial charge in [-0.1, -0.05) is 6.92 Å². The molecule has 1 aromatic heterocycles. The summed E-state index contributed by atoms with van der Waals surface area (Å²) in [5.41, 5.74) is 2.22. The van der Waals surface area contributed by atoms with Gasteiger partial charge in [-0.3, -0.25) is 0 Å². The highest BCUT2D eigenvalue weighted by Gasteiger charge is 2.07. The molecule has 2 rings (SSSR count). The van der Waals surface area contributed by atoms with E-state index in [1.165, 1.54) is 15.6 Å². The fourth-order valence-electron chi connectivity index (χ4n) is 2.70. The van der Waals surface area contributed by atoms with Gasteiger partial charge in [-0.15, -0.1) is 35.3 Å². The Morgan fingerprint density at radius 3 is 2.57 bits per heavy atom. The van der Waals surface area contributed by atoms with E-state index in [9.17, 15) is 0 Å². The number of halogens is 1. The lowest BCUT2D eigenvalue weighted by Gasteiger charge is -2.12. The summed E-state index contributed by atoms with van der Waals surface area (Å²) in [6, 6.07) is 5.78. The third-order valence-corrected chi connectivity index (χ3v) is 5.22. The third kappa shape index (κ3) is 7.12. The second-order valence-corrected chi connectivity index (χ2v) is 7.30. The quantitative estimate of drug-likeness (QED) is 0.299. The molecule has 1 aromatic carbocycles. The molecule has 0 atom stereocenters. The first kappa shape index (κ1) is 24.5. The van der Waals surface area contributed by atoms with Crippen molar-refractivity contribution in [3.05, 3.63) is 39.3 Å². The van der Waals surface area contributed by atoms with E-state index in [1.54, 1.807) is 25.6 Å². The molecule has 0 aliphatic rings. The van der Waals surface area contributed by atoms with Crippen LogP contribution in [0.25, 0.3) is 0 Å². The summed E-state index contributed by atoms with van der Waals surface area (Å²) < 4.78 is 10.7. The summed E-state index contributed by atoms with van der Waals surface area (Å²) in [4.78, 5) is 10.7. The molecule has 156 valence electrons. The Morgan fingerprint density at radius 2 is 1.96 bits per heavy atom. The van der Waals surface area contributed by atoms with Gasteiger partial charge < -0.3 is 20.1 Å².